The van der Waals surface area contributed by atoms with Crippen LogP contribution in [0.2, 0.25) is 0 Å². The monoisotopic (exact) mass is 267 g/mol. The average molecular weight is 267 g/mol. The van der Waals surface area contributed by atoms with Crippen LogP contribution >= 0.6 is 0 Å². The fraction of sp³-hybridized carbons (Fsp3) is 0.0625. The first-order valence-electron chi connectivity index (χ1n) is 6.09. The predicted octanol–water partition coefficient (Wildman–Crippen LogP) is 2.11. The van der Waals surface area contributed by atoms with E-state index in [-0.39, 0.29) is 11.5 Å². The third kappa shape index (κ3) is 2.80. The van der Waals surface area contributed by atoms with Crippen molar-refractivity contribution < 1.29 is 14.4 Å². The van der Waals surface area contributed by atoms with Crippen molar-refractivity contribution in [1.82, 2.24) is 5.32 Å². The van der Waals surface area contributed by atoms with Crippen LogP contribution in [0.1, 0.15) is 31.1 Å². The molecule has 0 spiro atoms. The number of benzene rings is 2. The number of rotatable bonds is 4. The first kappa shape index (κ1) is 13.7. The zero-order valence-corrected chi connectivity index (χ0v) is 10.9. The molecule has 2 aromatic rings. The summed E-state index contributed by atoms with van der Waals surface area (Å²) in [6.07, 6.45) is 0. The summed E-state index contributed by atoms with van der Waals surface area (Å²) in [4.78, 5) is 35.7. The molecular formula is C16H13NO3. The van der Waals surface area contributed by atoms with Crippen LogP contribution < -0.4 is 5.32 Å². The minimum atomic E-state index is -0.623. The number of hydrogen-bond acceptors (Lipinski definition) is 3. The van der Waals surface area contributed by atoms with E-state index in [1.165, 1.54) is 19.2 Å². The number of ketones is 2. The Hall–Kier alpha value is -2.75. The van der Waals surface area contributed by atoms with Crippen molar-refractivity contribution in [2.24, 2.45) is 0 Å². The number of amides is 1. The van der Waals surface area contributed by atoms with Crippen LogP contribution in [-0.2, 0) is 0 Å². The lowest BCUT2D eigenvalue weighted by Gasteiger charge is -2.03. The van der Waals surface area contributed by atoms with Gasteiger partial charge in [-0.05, 0) is 12.1 Å². The Bertz CT molecular complexity index is 662. The molecule has 0 radical (unpaired) electrons. The predicted molar refractivity (Wildman–Crippen MR) is 74.9 cm³/mol. The lowest BCUT2D eigenvalue weighted by molar-refractivity contribution is 0.0816. The van der Waals surface area contributed by atoms with Gasteiger partial charge in [0, 0.05) is 23.7 Å². The molecule has 4 heteroatoms. The maximum atomic E-state index is 12.1. The number of hydrogen-bond donors (Lipinski definition) is 1. The minimum absolute atomic E-state index is 0.208. The van der Waals surface area contributed by atoms with Gasteiger partial charge >= 0.3 is 0 Å². The summed E-state index contributed by atoms with van der Waals surface area (Å²) in [6.45, 7) is 0. The van der Waals surface area contributed by atoms with Crippen LogP contribution in [0.15, 0.2) is 54.6 Å². The van der Waals surface area contributed by atoms with Gasteiger partial charge in [-0.15, -0.1) is 0 Å². The van der Waals surface area contributed by atoms with Gasteiger partial charge in [0.15, 0.2) is 0 Å². The molecule has 2 aromatic carbocycles. The number of nitrogens with one attached hydrogen (secondary N) is 1. The van der Waals surface area contributed by atoms with Crippen molar-refractivity contribution in [3.63, 3.8) is 0 Å². The second-order valence-corrected chi connectivity index (χ2v) is 4.18. The van der Waals surface area contributed by atoms with Gasteiger partial charge in [0.05, 0.1) is 0 Å². The van der Waals surface area contributed by atoms with E-state index in [4.69, 9.17) is 0 Å². The van der Waals surface area contributed by atoms with Gasteiger partial charge in [0.25, 0.3) is 5.91 Å². The normalized spacial score (nSPS) is 9.85. The quantitative estimate of drug-likeness (QED) is 0.681. The van der Waals surface area contributed by atoms with E-state index < -0.39 is 11.6 Å². The van der Waals surface area contributed by atoms with Gasteiger partial charge in [-0.1, -0.05) is 42.5 Å². The van der Waals surface area contributed by atoms with E-state index in [2.05, 4.69) is 5.32 Å². The highest BCUT2D eigenvalue weighted by atomic mass is 16.2. The highest BCUT2D eigenvalue weighted by Crippen LogP contribution is 2.10. The highest BCUT2D eigenvalue weighted by molar-refractivity contribution is 6.49. The molecule has 0 unspecified atom stereocenters. The lowest BCUT2D eigenvalue weighted by atomic mass is 10.00. The van der Waals surface area contributed by atoms with Gasteiger partial charge in [-0.2, -0.15) is 0 Å². The zero-order chi connectivity index (χ0) is 14.5. The molecule has 0 aliphatic heterocycles. The molecule has 1 N–H and O–H groups in total. The summed E-state index contributed by atoms with van der Waals surface area (Å²) in [5, 5.41) is 2.47. The SMILES string of the molecule is CNC(=O)c1cccc(C(=O)C(=O)c2ccccc2)c1. The van der Waals surface area contributed by atoms with Gasteiger partial charge in [-0.25, -0.2) is 0 Å². The van der Waals surface area contributed by atoms with Crippen LogP contribution in [0.3, 0.4) is 0 Å². The number of Topliss-reactive ketones (excluding diaryl/α,β-unsaturated/α-hetero) is 2. The fourth-order valence-corrected chi connectivity index (χ4v) is 1.80. The second-order valence-electron chi connectivity index (χ2n) is 4.18. The van der Waals surface area contributed by atoms with Crippen LogP contribution in [0.25, 0.3) is 0 Å². The minimum Gasteiger partial charge on any atom is -0.355 e. The van der Waals surface area contributed by atoms with Crippen molar-refractivity contribution >= 4 is 17.5 Å². The molecule has 4 nitrogen and oxygen atoms in total. The van der Waals surface area contributed by atoms with Crippen molar-refractivity contribution in [3.8, 4) is 0 Å². The Morgan fingerprint density at radius 1 is 0.750 bits per heavy atom. The molecular weight excluding hydrogens is 254 g/mol. The third-order valence-electron chi connectivity index (χ3n) is 2.86. The largest absolute Gasteiger partial charge is 0.355 e. The van der Waals surface area contributed by atoms with Crippen molar-refractivity contribution in [2.45, 2.75) is 0 Å². The van der Waals surface area contributed by atoms with E-state index in [1.807, 2.05) is 0 Å². The fourth-order valence-electron chi connectivity index (χ4n) is 1.80. The van der Waals surface area contributed by atoms with Crippen molar-refractivity contribution in [1.29, 1.82) is 0 Å². The van der Waals surface area contributed by atoms with Crippen LogP contribution in [0, 0.1) is 0 Å². The summed E-state index contributed by atoms with van der Waals surface area (Å²) >= 11 is 0. The molecule has 0 heterocycles. The van der Waals surface area contributed by atoms with Crippen molar-refractivity contribution in [3.05, 3.63) is 71.3 Å². The Morgan fingerprint density at radius 2 is 1.30 bits per heavy atom. The summed E-state index contributed by atoms with van der Waals surface area (Å²) < 4.78 is 0. The van der Waals surface area contributed by atoms with E-state index in [1.54, 1.807) is 42.5 Å². The van der Waals surface area contributed by atoms with Crippen LogP contribution in [0.4, 0.5) is 0 Å². The van der Waals surface area contributed by atoms with Gasteiger partial charge < -0.3 is 5.32 Å². The summed E-state index contributed by atoms with van der Waals surface area (Å²) in [5.41, 5.74) is 0.891. The van der Waals surface area contributed by atoms with Crippen LogP contribution in [-0.4, -0.2) is 24.5 Å². The number of carbonyl (C=O) groups is 3. The molecule has 100 valence electrons. The Kier molecular flexibility index (Phi) is 4.05. The van der Waals surface area contributed by atoms with E-state index in [0.29, 0.717) is 11.1 Å². The molecule has 0 aromatic heterocycles. The topological polar surface area (TPSA) is 63.2 Å². The van der Waals surface area contributed by atoms with Gasteiger partial charge in [0.1, 0.15) is 0 Å². The van der Waals surface area contributed by atoms with E-state index >= 15 is 0 Å². The van der Waals surface area contributed by atoms with Gasteiger partial charge in [-0.3, -0.25) is 14.4 Å². The molecule has 1 amide bonds. The molecule has 0 aliphatic carbocycles. The lowest BCUT2D eigenvalue weighted by Crippen LogP contribution is -2.19. The van der Waals surface area contributed by atoms with Gasteiger partial charge in [0.2, 0.25) is 11.6 Å². The van der Waals surface area contributed by atoms with Crippen molar-refractivity contribution in [2.75, 3.05) is 7.05 Å². The summed E-state index contributed by atoms with van der Waals surface area (Å²) in [5.74, 6) is -1.51. The second kappa shape index (κ2) is 5.93. The standard InChI is InChI=1S/C16H13NO3/c1-17-16(20)13-9-5-8-12(10-13)15(19)14(18)11-6-3-2-4-7-11/h2-10H,1H3,(H,17,20). The zero-order valence-electron chi connectivity index (χ0n) is 10.9. The van der Waals surface area contributed by atoms with Crippen LogP contribution in [0.5, 0.6) is 0 Å². The maximum Gasteiger partial charge on any atom is 0.251 e. The first-order chi connectivity index (χ1) is 9.63. The number of carbonyl (C=O) groups excluding carboxylic acids is 3. The Morgan fingerprint density at radius 3 is 1.95 bits per heavy atom. The molecule has 2 rings (SSSR count). The smallest absolute Gasteiger partial charge is 0.251 e. The highest BCUT2D eigenvalue weighted by Gasteiger charge is 2.18. The molecule has 0 saturated carbocycles. The third-order valence-corrected chi connectivity index (χ3v) is 2.86. The maximum absolute atomic E-state index is 12.1. The average Bonchev–Trinajstić information content (AvgIpc) is 2.53. The molecule has 0 bridgehead atoms. The van der Waals surface area contributed by atoms with E-state index in [0.717, 1.165) is 0 Å². The summed E-state index contributed by atoms with van der Waals surface area (Å²) in [7, 11) is 1.51. The van der Waals surface area contributed by atoms with E-state index in [9.17, 15) is 14.4 Å². The molecule has 20 heavy (non-hydrogen) atoms. The molecule has 0 aliphatic rings. The Labute approximate surface area is 116 Å². The first-order valence-corrected chi connectivity index (χ1v) is 6.09. The molecule has 0 fully saturated rings. The Balaban J connectivity index is 2.30. The molecule has 0 saturated heterocycles. The summed E-state index contributed by atoms with van der Waals surface area (Å²) in [6, 6.07) is 14.4. The molecule has 0 atom stereocenters.